The zero-order valence-electron chi connectivity index (χ0n) is 5.56. The maximum absolute atomic E-state index is 5.22. The summed E-state index contributed by atoms with van der Waals surface area (Å²) in [4.78, 5) is 2.54. The van der Waals surface area contributed by atoms with Gasteiger partial charge in [-0.15, -0.1) is 17.8 Å². The molecular weight excluding hydrogens is 128 g/mol. The Morgan fingerprint density at radius 3 is 2.44 bits per heavy atom. The van der Waals surface area contributed by atoms with Crippen molar-refractivity contribution in [2.45, 2.75) is 13.8 Å². The van der Waals surface area contributed by atoms with Crippen LogP contribution in [-0.4, -0.2) is 0 Å². The van der Waals surface area contributed by atoms with Crippen molar-refractivity contribution in [2.75, 3.05) is 0 Å². The van der Waals surface area contributed by atoms with Gasteiger partial charge in [0.2, 0.25) is 0 Å². The Labute approximate surface area is 59.5 Å². The van der Waals surface area contributed by atoms with Crippen molar-refractivity contribution >= 4 is 11.3 Å². The topological polar surface area (TPSA) is 0 Å². The Morgan fingerprint density at radius 2 is 2.22 bits per heavy atom. The molecule has 0 unspecified atom stereocenters. The van der Waals surface area contributed by atoms with Gasteiger partial charge in [0.1, 0.15) is 0 Å². The number of thiophene rings is 1. The van der Waals surface area contributed by atoms with Gasteiger partial charge in [0.25, 0.3) is 0 Å². The van der Waals surface area contributed by atoms with Gasteiger partial charge in [-0.05, 0) is 19.9 Å². The first kappa shape index (κ1) is 6.38. The Balaban J connectivity index is 3.20. The molecule has 0 aromatic carbocycles. The van der Waals surface area contributed by atoms with Crippen LogP contribution in [0.15, 0.2) is 6.07 Å². The Bertz CT molecular complexity index is 250. The fourth-order valence-electron chi connectivity index (χ4n) is 0.774. The second kappa shape index (κ2) is 2.24. The van der Waals surface area contributed by atoms with Gasteiger partial charge in [-0.3, -0.25) is 0 Å². The number of rotatable bonds is 0. The summed E-state index contributed by atoms with van der Waals surface area (Å²) in [5, 5.41) is 0. The van der Waals surface area contributed by atoms with Crippen LogP contribution in [0.25, 0.3) is 0 Å². The first-order valence-corrected chi connectivity index (χ1v) is 3.59. The van der Waals surface area contributed by atoms with Crippen molar-refractivity contribution in [3.05, 3.63) is 21.4 Å². The molecule has 0 saturated carbocycles. The molecule has 0 aliphatic carbocycles. The number of hydrogen-bond donors (Lipinski definition) is 0. The van der Waals surface area contributed by atoms with Crippen molar-refractivity contribution in [1.82, 2.24) is 0 Å². The lowest BCUT2D eigenvalue weighted by molar-refractivity contribution is 1.57. The van der Waals surface area contributed by atoms with Crippen LogP contribution < -0.4 is 0 Å². The SMILES string of the molecule is C#Cc1cc(C)sc1C. The Hall–Kier alpha value is -0.740. The molecular formula is C8H8S. The smallest absolute Gasteiger partial charge is 0.0381 e. The third-order valence-corrected chi connectivity index (χ3v) is 2.16. The first-order valence-electron chi connectivity index (χ1n) is 2.77. The van der Waals surface area contributed by atoms with Crippen LogP contribution >= 0.6 is 11.3 Å². The van der Waals surface area contributed by atoms with Crippen LogP contribution in [0.2, 0.25) is 0 Å². The molecule has 0 bridgehead atoms. The Kier molecular flexibility index (Phi) is 1.59. The molecule has 0 atom stereocenters. The van der Waals surface area contributed by atoms with E-state index in [1.165, 1.54) is 9.75 Å². The van der Waals surface area contributed by atoms with E-state index < -0.39 is 0 Å². The highest BCUT2D eigenvalue weighted by Crippen LogP contribution is 2.18. The van der Waals surface area contributed by atoms with Gasteiger partial charge >= 0.3 is 0 Å². The lowest BCUT2D eigenvalue weighted by Gasteiger charge is -1.79. The summed E-state index contributed by atoms with van der Waals surface area (Å²) in [7, 11) is 0. The van der Waals surface area contributed by atoms with Crippen LogP contribution in [0.4, 0.5) is 0 Å². The van der Waals surface area contributed by atoms with E-state index in [1.807, 2.05) is 13.0 Å². The van der Waals surface area contributed by atoms with Gasteiger partial charge in [0.05, 0.1) is 0 Å². The van der Waals surface area contributed by atoms with Gasteiger partial charge in [-0.1, -0.05) is 5.92 Å². The van der Waals surface area contributed by atoms with Gasteiger partial charge in [0.15, 0.2) is 0 Å². The lowest BCUT2D eigenvalue weighted by Crippen LogP contribution is -1.66. The van der Waals surface area contributed by atoms with Gasteiger partial charge < -0.3 is 0 Å². The minimum atomic E-state index is 1.04. The summed E-state index contributed by atoms with van der Waals surface area (Å²) >= 11 is 1.75. The molecule has 0 spiro atoms. The number of terminal acetylenes is 1. The highest BCUT2D eigenvalue weighted by atomic mass is 32.1. The van der Waals surface area contributed by atoms with Crippen LogP contribution in [0.3, 0.4) is 0 Å². The van der Waals surface area contributed by atoms with Gasteiger partial charge in [0, 0.05) is 15.3 Å². The molecule has 46 valence electrons. The van der Waals surface area contributed by atoms with Crippen molar-refractivity contribution in [1.29, 1.82) is 0 Å². The average Bonchev–Trinajstić information content (AvgIpc) is 2.10. The monoisotopic (exact) mass is 136 g/mol. The molecule has 9 heavy (non-hydrogen) atoms. The molecule has 0 aliphatic heterocycles. The largest absolute Gasteiger partial charge is 0.145 e. The van der Waals surface area contributed by atoms with Gasteiger partial charge in [-0.2, -0.15) is 0 Å². The van der Waals surface area contributed by atoms with E-state index in [1.54, 1.807) is 11.3 Å². The van der Waals surface area contributed by atoms with Crippen molar-refractivity contribution in [3.8, 4) is 12.3 Å². The van der Waals surface area contributed by atoms with E-state index in [4.69, 9.17) is 6.42 Å². The molecule has 1 rings (SSSR count). The van der Waals surface area contributed by atoms with Gasteiger partial charge in [-0.25, -0.2) is 0 Å². The van der Waals surface area contributed by atoms with E-state index >= 15 is 0 Å². The van der Waals surface area contributed by atoms with Crippen LogP contribution in [0, 0.1) is 26.2 Å². The van der Waals surface area contributed by atoms with Crippen LogP contribution in [0.5, 0.6) is 0 Å². The number of aryl methyl sites for hydroxylation is 2. The molecule has 0 saturated heterocycles. The van der Waals surface area contributed by atoms with E-state index in [0.717, 1.165) is 5.56 Å². The standard InChI is InChI=1S/C8H8S/c1-4-8-5-6(2)9-7(8)3/h1,5H,2-3H3. The highest BCUT2D eigenvalue weighted by Gasteiger charge is 1.96. The second-order valence-electron chi connectivity index (χ2n) is 1.97. The molecule has 1 heteroatoms. The number of hydrogen-bond acceptors (Lipinski definition) is 1. The maximum atomic E-state index is 5.22. The van der Waals surface area contributed by atoms with E-state index in [-0.39, 0.29) is 0 Å². The van der Waals surface area contributed by atoms with E-state index in [2.05, 4.69) is 12.8 Å². The van der Waals surface area contributed by atoms with Crippen molar-refractivity contribution < 1.29 is 0 Å². The fourth-order valence-corrected chi connectivity index (χ4v) is 1.66. The lowest BCUT2D eigenvalue weighted by atomic mass is 10.3. The summed E-state index contributed by atoms with van der Waals surface area (Å²) in [5.74, 6) is 2.63. The van der Waals surface area contributed by atoms with Crippen molar-refractivity contribution in [3.63, 3.8) is 0 Å². The van der Waals surface area contributed by atoms with Crippen LogP contribution in [0.1, 0.15) is 15.3 Å². The normalized spacial score (nSPS) is 9.00. The minimum Gasteiger partial charge on any atom is -0.145 e. The Morgan fingerprint density at radius 1 is 1.56 bits per heavy atom. The molecule has 0 nitrogen and oxygen atoms in total. The first-order chi connectivity index (χ1) is 4.24. The quantitative estimate of drug-likeness (QED) is 0.480. The predicted molar refractivity (Wildman–Crippen MR) is 41.7 cm³/mol. The second-order valence-corrected chi connectivity index (χ2v) is 3.43. The molecule has 0 radical (unpaired) electrons. The molecule has 0 aliphatic rings. The molecule has 0 fully saturated rings. The highest BCUT2D eigenvalue weighted by molar-refractivity contribution is 7.12. The predicted octanol–water partition coefficient (Wildman–Crippen LogP) is 2.35. The maximum Gasteiger partial charge on any atom is 0.0381 e. The molecule has 0 N–H and O–H groups in total. The van der Waals surface area contributed by atoms with E-state index in [9.17, 15) is 0 Å². The summed E-state index contributed by atoms with van der Waals surface area (Å²) in [6.45, 7) is 4.12. The third-order valence-electron chi connectivity index (χ3n) is 1.20. The van der Waals surface area contributed by atoms with Crippen molar-refractivity contribution in [2.24, 2.45) is 0 Å². The summed E-state index contributed by atoms with van der Waals surface area (Å²) in [6.07, 6.45) is 5.22. The summed E-state index contributed by atoms with van der Waals surface area (Å²) in [6, 6.07) is 2.04. The van der Waals surface area contributed by atoms with Crippen LogP contribution in [-0.2, 0) is 0 Å². The third kappa shape index (κ3) is 1.14. The molecule has 1 aromatic heterocycles. The molecule has 1 aromatic rings. The summed E-state index contributed by atoms with van der Waals surface area (Å²) < 4.78 is 0. The average molecular weight is 136 g/mol. The zero-order chi connectivity index (χ0) is 6.85. The fraction of sp³-hybridized carbons (Fsp3) is 0.250. The summed E-state index contributed by atoms with van der Waals surface area (Å²) in [5.41, 5.74) is 1.04. The minimum absolute atomic E-state index is 1.04. The van der Waals surface area contributed by atoms with E-state index in [0.29, 0.717) is 0 Å². The molecule has 0 amide bonds. The molecule has 1 heterocycles. The zero-order valence-corrected chi connectivity index (χ0v) is 6.38.